The summed E-state index contributed by atoms with van der Waals surface area (Å²) in [5.41, 5.74) is 12.2. The fourth-order valence-electron chi connectivity index (χ4n) is 2.01. The van der Waals surface area contributed by atoms with Crippen molar-refractivity contribution in [2.24, 2.45) is 0 Å². The highest BCUT2D eigenvalue weighted by atomic mass is 15.3. The molecule has 84 valence electrons. The topological polar surface area (TPSA) is 43.8 Å². The van der Waals surface area contributed by atoms with Crippen molar-refractivity contribution in [3.8, 4) is 5.69 Å². The van der Waals surface area contributed by atoms with Crippen LogP contribution in [-0.4, -0.2) is 9.78 Å². The van der Waals surface area contributed by atoms with Crippen molar-refractivity contribution < 1.29 is 0 Å². The fourth-order valence-corrected chi connectivity index (χ4v) is 2.01. The van der Waals surface area contributed by atoms with E-state index in [1.807, 2.05) is 18.5 Å². The minimum atomic E-state index is 0.780. The second-order valence-corrected chi connectivity index (χ2v) is 4.24. The zero-order chi connectivity index (χ0) is 11.9. The van der Waals surface area contributed by atoms with Crippen LogP contribution in [-0.2, 0) is 0 Å². The Balaban J connectivity index is 2.72. The van der Waals surface area contributed by atoms with Gasteiger partial charge in [0.15, 0.2) is 0 Å². The highest BCUT2D eigenvalue weighted by Gasteiger charge is 2.12. The van der Waals surface area contributed by atoms with Gasteiger partial charge in [-0.25, -0.2) is 4.68 Å². The van der Waals surface area contributed by atoms with Crippen molar-refractivity contribution in [1.82, 2.24) is 9.78 Å². The molecule has 1 heterocycles. The first-order valence-corrected chi connectivity index (χ1v) is 5.40. The monoisotopic (exact) mass is 215 g/mol. The summed E-state index contributed by atoms with van der Waals surface area (Å²) in [6.45, 7) is 8.12. The van der Waals surface area contributed by atoms with Crippen molar-refractivity contribution in [3.63, 3.8) is 0 Å². The molecule has 2 N–H and O–H groups in total. The molecule has 0 bridgehead atoms. The van der Waals surface area contributed by atoms with Crippen LogP contribution in [0, 0.1) is 27.7 Å². The van der Waals surface area contributed by atoms with Gasteiger partial charge in [0.1, 0.15) is 0 Å². The van der Waals surface area contributed by atoms with E-state index in [1.54, 1.807) is 0 Å². The molecule has 1 aromatic heterocycles. The minimum absolute atomic E-state index is 0.780. The lowest BCUT2D eigenvalue weighted by Gasteiger charge is -2.11. The number of benzene rings is 1. The molecule has 0 aliphatic rings. The molecule has 0 saturated carbocycles. The molecule has 3 heteroatoms. The Labute approximate surface area is 95.9 Å². The normalized spacial score (nSPS) is 10.8. The van der Waals surface area contributed by atoms with E-state index in [4.69, 9.17) is 5.73 Å². The average molecular weight is 215 g/mol. The van der Waals surface area contributed by atoms with E-state index in [0.717, 1.165) is 22.8 Å². The lowest BCUT2D eigenvalue weighted by atomic mass is 10.1. The fraction of sp³-hybridized carbons (Fsp3) is 0.308. The first-order valence-electron chi connectivity index (χ1n) is 5.40. The molecule has 0 unspecified atom stereocenters. The second-order valence-electron chi connectivity index (χ2n) is 4.24. The summed E-state index contributed by atoms with van der Waals surface area (Å²) in [4.78, 5) is 0. The maximum atomic E-state index is 5.96. The van der Waals surface area contributed by atoms with E-state index in [9.17, 15) is 0 Å². The highest BCUT2D eigenvalue weighted by molar-refractivity contribution is 5.54. The zero-order valence-corrected chi connectivity index (χ0v) is 10.2. The number of nitrogens with zero attached hydrogens (tertiary/aromatic N) is 2. The third-order valence-corrected chi connectivity index (χ3v) is 3.00. The van der Waals surface area contributed by atoms with Gasteiger partial charge in [-0.15, -0.1) is 0 Å². The van der Waals surface area contributed by atoms with Gasteiger partial charge in [0.25, 0.3) is 0 Å². The van der Waals surface area contributed by atoms with Gasteiger partial charge in [0.05, 0.1) is 22.8 Å². The van der Waals surface area contributed by atoms with Crippen LogP contribution in [0.1, 0.15) is 22.5 Å². The molecule has 0 atom stereocenters. The maximum Gasteiger partial charge on any atom is 0.0830 e. The largest absolute Gasteiger partial charge is 0.396 e. The molecule has 0 radical (unpaired) electrons. The quantitative estimate of drug-likeness (QED) is 0.794. The Morgan fingerprint density at radius 1 is 1.06 bits per heavy atom. The molecule has 3 nitrogen and oxygen atoms in total. The number of aryl methyl sites for hydroxylation is 3. The number of para-hydroxylation sites is 1. The molecule has 2 aromatic rings. The van der Waals surface area contributed by atoms with Gasteiger partial charge >= 0.3 is 0 Å². The Morgan fingerprint density at radius 3 is 2.06 bits per heavy atom. The standard InChI is InChI=1S/C13H17N3/c1-8-6-5-7-9(2)13(8)16-11(4)12(14)10(3)15-16/h5-7H,14H2,1-4H3. The summed E-state index contributed by atoms with van der Waals surface area (Å²) in [5, 5.41) is 4.49. The maximum absolute atomic E-state index is 5.96. The molecular formula is C13H17N3. The summed E-state index contributed by atoms with van der Waals surface area (Å²) in [7, 11) is 0. The summed E-state index contributed by atoms with van der Waals surface area (Å²) in [6, 6.07) is 6.24. The van der Waals surface area contributed by atoms with Crippen LogP contribution in [0.15, 0.2) is 18.2 Å². The average Bonchev–Trinajstić information content (AvgIpc) is 2.47. The van der Waals surface area contributed by atoms with Crippen LogP contribution in [0.2, 0.25) is 0 Å². The SMILES string of the molecule is Cc1cccc(C)c1-n1nc(C)c(N)c1C. The van der Waals surface area contributed by atoms with Crippen molar-refractivity contribution in [3.05, 3.63) is 40.7 Å². The highest BCUT2D eigenvalue weighted by Crippen LogP contribution is 2.24. The number of hydrogen-bond donors (Lipinski definition) is 1. The van der Waals surface area contributed by atoms with E-state index >= 15 is 0 Å². The molecule has 0 aliphatic heterocycles. The Morgan fingerprint density at radius 2 is 1.62 bits per heavy atom. The van der Waals surface area contributed by atoms with Crippen molar-refractivity contribution in [2.75, 3.05) is 5.73 Å². The summed E-state index contributed by atoms with van der Waals surface area (Å²) in [5.74, 6) is 0. The Hall–Kier alpha value is -1.77. The van der Waals surface area contributed by atoms with E-state index in [-0.39, 0.29) is 0 Å². The van der Waals surface area contributed by atoms with Crippen molar-refractivity contribution in [2.45, 2.75) is 27.7 Å². The van der Waals surface area contributed by atoms with Crippen LogP contribution in [0.5, 0.6) is 0 Å². The number of rotatable bonds is 1. The second kappa shape index (κ2) is 3.67. The first kappa shape index (κ1) is 10.7. The number of nitrogens with two attached hydrogens (primary N) is 1. The third-order valence-electron chi connectivity index (χ3n) is 3.00. The zero-order valence-electron chi connectivity index (χ0n) is 10.2. The first-order chi connectivity index (χ1) is 7.52. The number of anilines is 1. The van der Waals surface area contributed by atoms with Gasteiger partial charge in [0.2, 0.25) is 0 Å². The Bertz CT molecular complexity index is 518. The molecule has 0 amide bonds. The van der Waals surface area contributed by atoms with Gasteiger partial charge in [0, 0.05) is 0 Å². The molecule has 0 saturated heterocycles. The predicted molar refractivity (Wildman–Crippen MR) is 66.9 cm³/mol. The lowest BCUT2D eigenvalue weighted by molar-refractivity contribution is 0.821. The number of nitrogen functional groups attached to an aromatic ring is 1. The molecule has 0 fully saturated rings. The predicted octanol–water partition coefficient (Wildman–Crippen LogP) is 2.69. The third kappa shape index (κ3) is 1.48. The van der Waals surface area contributed by atoms with Gasteiger partial charge < -0.3 is 5.73 Å². The molecule has 0 spiro atoms. The van der Waals surface area contributed by atoms with Gasteiger partial charge in [-0.1, -0.05) is 18.2 Å². The number of aromatic nitrogens is 2. The lowest BCUT2D eigenvalue weighted by Crippen LogP contribution is -2.04. The molecule has 16 heavy (non-hydrogen) atoms. The molecule has 0 aliphatic carbocycles. The summed E-state index contributed by atoms with van der Waals surface area (Å²) >= 11 is 0. The molecular weight excluding hydrogens is 198 g/mol. The van der Waals surface area contributed by atoms with Crippen molar-refractivity contribution in [1.29, 1.82) is 0 Å². The van der Waals surface area contributed by atoms with Crippen LogP contribution in [0.25, 0.3) is 5.69 Å². The Kier molecular flexibility index (Phi) is 2.46. The van der Waals surface area contributed by atoms with Crippen LogP contribution < -0.4 is 5.73 Å². The van der Waals surface area contributed by atoms with Crippen LogP contribution in [0.3, 0.4) is 0 Å². The number of hydrogen-bond acceptors (Lipinski definition) is 2. The van der Waals surface area contributed by atoms with Crippen LogP contribution in [0.4, 0.5) is 5.69 Å². The van der Waals surface area contributed by atoms with E-state index in [2.05, 4.69) is 37.1 Å². The van der Waals surface area contributed by atoms with E-state index in [1.165, 1.54) is 11.1 Å². The van der Waals surface area contributed by atoms with E-state index in [0.29, 0.717) is 0 Å². The van der Waals surface area contributed by atoms with Crippen molar-refractivity contribution >= 4 is 5.69 Å². The van der Waals surface area contributed by atoms with Gasteiger partial charge in [-0.3, -0.25) is 0 Å². The molecule has 1 aromatic carbocycles. The summed E-state index contributed by atoms with van der Waals surface area (Å²) in [6.07, 6.45) is 0. The van der Waals surface area contributed by atoms with Gasteiger partial charge in [-0.2, -0.15) is 5.10 Å². The molecule has 2 rings (SSSR count). The van der Waals surface area contributed by atoms with Crippen LogP contribution >= 0.6 is 0 Å². The van der Waals surface area contributed by atoms with E-state index < -0.39 is 0 Å². The summed E-state index contributed by atoms with van der Waals surface area (Å²) < 4.78 is 1.94. The van der Waals surface area contributed by atoms with Gasteiger partial charge in [-0.05, 0) is 38.8 Å². The smallest absolute Gasteiger partial charge is 0.0830 e. The minimum Gasteiger partial charge on any atom is -0.396 e.